The number of aromatic hydroxyl groups is 2. The van der Waals surface area contributed by atoms with Gasteiger partial charge in [0.05, 0.1) is 42.1 Å². The Bertz CT molecular complexity index is 1540. The van der Waals surface area contributed by atoms with Gasteiger partial charge in [-0.05, 0) is 19.1 Å². The number of benzene rings is 2. The van der Waals surface area contributed by atoms with E-state index in [1.54, 1.807) is 6.92 Å². The summed E-state index contributed by atoms with van der Waals surface area (Å²) in [4.78, 5) is 51.7. The molecule has 9 N–H and O–H groups in total. The van der Waals surface area contributed by atoms with Crippen LogP contribution >= 0.6 is 0 Å². The average molecular weight is 603 g/mol. The third-order valence-electron chi connectivity index (χ3n) is 8.10. The SMILES string of the molecule is COc1c(OC(N)=O)ccc2c1C(=O)c1c(O)c3c(c(O)c1C2=O)C[C@@](O)(C(=O)CO)C[C@@H]3O[C@H]1C[C@H](N)[C@H](O)[C@H](C)O1. The fraction of sp³-hybridized carbons (Fsp3) is 0.429. The van der Waals surface area contributed by atoms with Gasteiger partial charge in [-0.3, -0.25) is 14.4 Å². The maximum Gasteiger partial charge on any atom is 0.410 e. The van der Waals surface area contributed by atoms with Crippen LogP contribution in [0.1, 0.15) is 68.8 Å². The molecule has 3 aliphatic rings. The van der Waals surface area contributed by atoms with Gasteiger partial charge < -0.3 is 55.9 Å². The Labute approximate surface area is 243 Å². The number of hydrogen-bond donors (Lipinski definition) is 7. The van der Waals surface area contributed by atoms with Crippen molar-refractivity contribution in [3.8, 4) is 23.0 Å². The van der Waals surface area contributed by atoms with E-state index in [4.69, 9.17) is 30.4 Å². The van der Waals surface area contributed by atoms with E-state index in [9.17, 15) is 44.7 Å². The number of methoxy groups -OCH3 is 1. The average Bonchev–Trinajstić information content (AvgIpc) is 2.95. The van der Waals surface area contributed by atoms with Crippen LogP contribution in [0.3, 0.4) is 0 Å². The minimum Gasteiger partial charge on any atom is -0.507 e. The zero-order valence-electron chi connectivity index (χ0n) is 23.0. The van der Waals surface area contributed by atoms with E-state index in [1.165, 1.54) is 0 Å². The van der Waals surface area contributed by atoms with Gasteiger partial charge in [0.25, 0.3) is 0 Å². The summed E-state index contributed by atoms with van der Waals surface area (Å²) in [6.45, 7) is 0.482. The maximum atomic E-state index is 13.9. The third kappa shape index (κ3) is 4.79. The van der Waals surface area contributed by atoms with Crippen LogP contribution < -0.4 is 20.9 Å². The molecule has 0 saturated carbocycles. The molecule has 1 amide bonds. The molecule has 0 unspecified atom stereocenters. The molecule has 0 bridgehead atoms. The Hall–Kier alpha value is -4.12. The summed E-state index contributed by atoms with van der Waals surface area (Å²) < 4.78 is 21.9. The molecule has 6 atom stereocenters. The largest absolute Gasteiger partial charge is 0.507 e. The summed E-state index contributed by atoms with van der Waals surface area (Å²) in [5.41, 5.74) is 6.45. The summed E-state index contributed by atoms with van der Waals surface area (Å²) in [6.07, 6.45) is -6.80. The first-order valence-electron chi connectivity index (χ1n) is 13.2. The number of nitrogens with two attached hydrogens (primary N) is 2. The molecule has 0 aromatic heterocycles. The smallest absolute Gasteiger partial charge is 0.410 e. The number of ketones is 3. The summed E-state index contributed by atoms with van der Waals surface area (Å²) in [5, 5.41) is 54.0. The number of phenolic OH excluding ortho intramolecular Hbond substituents is 2. The van der Waals surface area contributed by atoms with Gasteiger partial charge in [-0.1, -0.05) is 0 Å². The summed E-state index contributed by atoms with van der Waals surface area (Å²) >= 11 is 0. The second-order valence-electron chi connectivity index (χ2n) is 10.7. The van der Waals surface area contributed by atoms with Crippen molar-refractivity contribution in [3.05, 3.63) is 45.5 Å². The van der Waals surface area contributed by atoms with E-state index in [1.807, 2.05) is 0 Å². The first kappa shape index (κ1) is 30.3. The Morgan fingerprint density at radius 1 is 1.12 bits per heavy atom. The number of aliphatic hydroxyl groups excluding tert-OH is 2. The lowest BCUT2D eigenvalue weighted by atomic mass is 9.72. The predicted molar refractivity (Wildman–Crippen MR) is 142 cm³/mol. The van der Waals surface area contributed by atoms with Gasteiger partial charge in [-0.25, -0.2) is 4.79 Å². The fourth-order valence-electron chi connectivity index (χ4n) is 6.00. The first-order chi connectivity index (χ1) is 20.2. The second-order valence-corrected chi connectivity index (χ2v) is 10.7. The van der Waals surface area contributed by atoms with Crippen LogP contribution in [0.2, 0.25) is 0 Å². The van der Waals surface area contributed by atoms with Crippen LogP contribution in [0.5, 0.6) is 23.0 Å². The molecule has 1 aliphatic heterocycles. The van der Waals surface area contributed by atoms with Gasteiger partial charge in [0.2, 0.25) is 5.78 Å². The number of amides is 1. The van der Waals surface area contributed by atoms with Crippen LogP contribution in [-0.4, -0.2) is 92.8 Å². The third-order valence-corrected chi connectivity index (χ3v) is 8.10. The lowest BCUT2D eigenvalue weighted by molar-refractivity contribution is -0.247. The maximum absolute atomic E-state index is 13.9. The van der Waals surface area contributed by atoms with E-state index >= 15 is 0 Å². The van der Waals surface area contributed by atoms with Crippen molar-refractivity contribution in [2.24, 2.45) is 11.5 Å². The molecule has 2 aromatic carbocycles. The van der Waals surface area contributed by atoms with Crippen LogP contribution in [0.4, 0.5) is 4.79 Å². The highest BCUT2D eigenvalue weighted by molar-refractivity contribution is 6.31. The number of phenols is 2. The van der Waals surface area contributed by atoms with Gasteiger partial charge in [0, 0.05) is 42.0 Å². The molecule has 43 heavy (non-hydrogen) atoms. The van der Waals surface area contributed by atoms with Crippen molar-refractivity contribution in [3.63, 3.8) is 0 Å². The number of rotatable bonds is 6. The van der Waals surface area contributed by atoms with Crippen molar-refractivity contribution in [1.82, 2.24) is 0 Å². The number of carbonyl (C=O) groups excluding carboxylic acids is 4. The summed E-state index contributed by atoms with van der Waals surface area (Å²) in [5.74, 6) is -5.12. The second kappa shape index (κ2) is 10.9. The summed E-state index contributed by atoms with van der Waals surface area (Å²) in [7, 11) is 1.15. The van der Waals surface area contributed by atoms with Crippen molar-refractivity contribution in [1.29, 1.82) is 0 Å². The number of primary amides is 1. The van der Waals surface area contributed by atoms with E-state index in [0.29, 0.717) is 0 Å². The van der Waals surface area contributed by atoms with E-state index < -0.39 is 102 Å². The lowest BCUT2D eigenvalue weighted by Crippen LogP contribution is -2.53. The Kier molecular flexibility index (Phi) is 7.66. The topological polar surface area (TPSA) is 258 Å². The molecule has 5 rings (SSSR count). The van der Waals surface area contributed by atoms with Gasteiger partial charge >= 0.3 is 6.09 Å². The zero-order chi connectivity index (χ0) is 31.5. The van der Waals surface area contributed by atoms with Gasteiger partial charge in [-0.2, -0.15) is 0 Å². The van der Waals surface area contributed by atoms with Crippen molar-refractivity contribution in [2.75, 3.05) is 13.7 Å². The minimum absolute atomic E-state index is 0.0357. The molecule has 2 aliphatic carbocycles. The molecule has 0 radical (unpaired) electrons. The number of ether oxygens (including phenoxy) is 4. The Balaban J connectivity index is 1.69. The van der Waals surface area contributed by atoms with Crippen LogP contribution in [0.15, 0.2) is 12.1 Å². The lowest BCUT2D eigenvalue weighted by Gasteiger charge is -2.42. The number of fused-ring (bicyclic) bond motifs is 3. The number of hydrogen-bond acceptors (Lipinski definition) is 14. The van der Waals surface area contributed by atoms with Crippen LogP contribution in [-0.2, 0) is 20.7 Å². The number of Topliss-reactive ketones (excluding diaryl/α,β-unsaturated/α-hetero) is 1. The number of carbonyl (C=O) groups is 4. The number of aliphatic hydroxyl groups is 3. The van der Waals surface area contributed by atoms with E-state index in [-0.39, 0.29) is 40.2 Å². The minimum atomic E-state index is -2.31. The Morgan fingerprint density at radius 3 is 2.40 bits per heavy atom. The molecule has 15 nitrogen and oxygen atoms in total. The zero-order valence-corrected chi connectivity index (χ0v) is 23.0. The van der Waals surface area contributed by atoms with E-state index in [2.05, 4.69) is 0 Å². The first-order valence-corrected chi connectivity index (χ1v) is 13.2. The molecule has 230 valence electrons. The molecule has 2 aromatic rings. The standard InChI is InChI=1S/C28H30N2O13/c1-9-21(33)12(29)5-16(41-9)42-14-7-28(39,15(32)8-31)6-11-17(14)24(36)20-19(23(11)35)22(34)10-3-4-13(43-27(30)38)26(40-2)18(10)25(20)37/h3-4,9,12,14,16,21,31,33,35-36,39H,5-8,29H2,1-2H3,(H2,30,38)/t9-,12-,14-,16-,21+,28-/m0/s1. The van der Waals surface area contributed by atoms with Gasteiger partial charge in [-0.15, -0.1) is 0 Å². The Morgan fingerprint density at radius 2 is 1.79 bits per heavy atom. The molecule has 15 heteroatoms. The highest BCUT2D eigenvalue weighted by atomic mass is 16.7. The van der Waals surface area contributed by atoms with Gasteiger partial charge in [0.15, 0.2) is 29.4 Å². The molecule has 1 fully saturated rings. The van der Waals surface area contributed by atoms with Crippen molar-refractivity contribution >= 4 is 23.4 Å². The molecule has 0 spiro atoms. The predicted octanol–water partition coefficient (Wildman–Crippen LogP) is -0.541. The molecular weight excluding hydrogens is 572 g/mol. The quantitative estimate of drug-likeness (QED) is 0.175. The van der Waals surface area contributed by atoms with E-state index in [0.717, 1.165) is 19.2 Å². The van der Waals surface area contributed by atoms with Crippen molar-refractivity contribution in [2.45, 2.75) is 62.4 Å². The monoisotopic (exact) mass is 602 g/mol. The van der Waals surface area contributed by atoms with Gasteiger partial charge in [0.1, 0.15) is 23.7 Å². The normalized spacial score (nSPS) is 28.0. The highest BCUT2D eigenvalue weighted by Crippen LogP contribution is 2.53. The molecule has 1 heterocycles. The van der Waals surface area contributed by atoms with Crippen LogP contribution in [0.25, 0.3) is 0 Å². The highest BCUT2D eigenvalue weighted by Gasteiger charge is 2.50. The molecule has 1 saturated heterocycles. The fourth-order valence-corrected chi connectivity index (χ4v) is 6.00. The molecular formula is C28H30N2O13. The summed E-state index contributed by atoms with van der Waals surface area (Å²) in [6, 6.07) is 1.52. The van der Waals surface area contributed by atoms with Crippen LogP contribution in [0, 0.1) is 0 Å². The van der Waals surface area contributed by atoms with Crippen molar-refractivity contribution < 1.29 is 63.7 Å².